The molecule has 0 unspecified atom stereocenters. The summed E-state index contributed by atoms with van der Waals surface area (Å²) in [6, 6.07) is 14.0. The molecule has 0 radical (unpaired) electrons. The molecule has 3 amide bonds. The number of carbonyl (C=O) groups excluding carboxylic acids is 2. The second-order valence-corrected chi connectivity index (χ2v) is 5.59. The van der Waals surface area contributed by atoms with Gasteiger partial charge in [-0.1, -0.05) is 41.4 Å². The minimum atomic E-state index is -0.405. The van der Waals surface area contributed by atoms with Gasteiger partial charge in [0, 0.05) is 12.7 Å². The van der Waals surface area contributed by atoms with Crippen LogP contribution in [0.25, 0.3) is 0 Å². The minimum Gasteiger partial charge on any atom is -0.325 e. The van der Waals surface area contributed by atoms with Crippen molar-refractivity contribution in [1.29, 1.82) is 0 Å². The van der Waals surface area contributed by atoms with Crippen LogP contribution in [0.15, 0.2) is 48.5 Å². The summed E-state index contributed by atoms with van der Waals surface area (Å²) in [5.74, 6) is -0.273. The molecule has 120 valence electrons. The number of hydrogen-bond acceptors (Lipinski definition) is 2. The number of urea groups is 1. The van der Waals surface area contributed by atoms with Crippen molar-refractivity contribution >= 4 is 34.9 Å². The van der Waals surface area contributed by atoms with Gasteiger partial charge in [-0.3, -0.25) is 4.79 Å². The summed E-state index contributed by atoms with van der Waals surface area (Å²) in [7, 11) is 1.54. The van der Waals surface area contributed by atoms with Crippen LogP contribution in [0.4, 0.5) is 16.2 Å². The molecule has 0 aliphatic carbocycles. The van der Waals surface area contributed by atoms with Crippen LogP contribution in [0, 0.1) is 6.92 Å². The molecular weight excluding hydrogens is 314 g/mol. The summed E-state index contributed by atoms with van der Waals surface area (Å²) >= 11 is 5.99. The first-order valence-corrected chi connectivity index (χ1v) is 7.46. The Kier molecular flexibility index (Phi) is 5.60. The van der Waals surface area contributed by atoms with Crippen LogP contribution < -0.4 is 10.6 Å². The lowest BCUT2D eigenvalue weighted by Gasteiger charge is -2.18. The zero-order valence-corrected chi connectivity index (χ0v) is 13.7. The number of likely N-dealkylation sites (N-methyl/N-ethyl adjacent to an activating group) is 1. The summed E-state index contributed by atoms with van der Waals surface area (Å²) in [6.07, 6.45) is 0. The summed E-state index contributed by atoms with van der Waals surface area (Å²) in [4.78, 5) is 25.3. The van der Waals surface area contributed by atoms with Crippen molar-refractivity contribution in [2.24, 2.45) is 0 Å². The Balaban J connectivity index is 1.89. The van der Waals surface area contributed by atoms with Crippen molar-refractivity contribution in [1.82, 2.24) is 4.90 Å². The smallest absolute Gasteiger partial charge is 0.322 e. The maximum absolute atomic E-state index is 12.1. The largest absolute Gasteiger partial charge is 0.325 e. The molecule has 0 aliphatic heterocycles. The van der Waals surface area contributed by atoms with Gasteiger partial charge >= 0.3 is 6.03 Å². The van der Waals surface area contributed by atoms with Crippen LogP contribution in [0.1, 0.15) is 5.56 Å². The third kappa shape index (κ3) is 5.00. The van der Waals surface area contributed by atoms with E-state index in [1.54, 1.807) is 31.3 Å². The van der Waals surface area contributed by atoms with Gasteiger partial charge in [0.25, 0.3) is 0 Å². The third-order valence-electron chi connectivity index (χ3n) is 3.18. The molecule has 0 saturated heterocycles. The highest BCUT2D eigenvalue weighted by Gasteiger charge is 2.14. The molecule has 2 rings (SSSR count). The fourth-order valence-corrected chi connectivity index (χ4v) is 2.08. The van der Waals surface area contributed by atoms with E-state index < -0.39 is 6.03 Å². The van der Waals surface area contributed by atoms with Gasteiger partial charge in [0.05, 0.1) is 10.7 Å². The summed E-state index contributed by atoms with van der Waals surface area (Å²) < 4.78 is 0. The Bertz CT molecular complexity index is 701. The molecule has 0 saturated carbocycles. The van der Waals surface area contributed by atoms with Crippen LogP contribution in [-0.2, 0) is 4.79 Å². The Morgan fingerprint density at radius 3 is 2.35 bits per heavy atom. The number of nitrogens with zero attached hydrogens (tertiary/aromatic N) is 1. The van der Waals surface area contributed by atoms with Crippen LogP contribution in [0.3, 0.4) is 0 Å². The Hall–Kier alpha value is -2.53. The average Bonchev–Trinajstić information content (AvgIpc) is 2.51. The van der Waals surface area contributed by atoms with E-state index in [1.165, 1.54) is 4.90 Å². The lowest BCUT2D eigenvalue weighted by atomic mass is 10.2. The van der Waals surface area contributed by atoms with Gasteiger partial charge in [-0.15, -0.1) is 0 Å². The van der Waals surface area contributed by atoms with Crippen molar-refractivity contribution in [3.63, 3.8) is 0 Å². The van der Waals surface area contributed by atoms with Crippen molar-refractivity contribution in [3.8, 4) is 0 Å². The lowest BCUT2D eigenvalue weighted by molar-refractivity contribution is -0.116. The topological polar surface area (TPSA) is 61.4 Å². The molecule has 23 heavy (non-hydrogen) atoms. The normalized spacial score (nSPS) is 10.0. The Labute approximate surface area is 140 Å². The number of hydrogen-bond donors (Lipinski definition) is 2. The number of halogens is 1. The number of para-hydroxylation sites is 1. The molecule has 5 nitrogen and oxygen atoms in total. The van der Waals surface area contributed by atoms with Crippen molar-refractivity contribution in [2.45, 2.75) is 6.92 Å². The molecule has 0 heterocycles. The molecule has 0 aromatic heterocycles. The van der Waals surface area contributed by atoms with E-state index in [9.17, 15) is 9.59 Å². The fraction of sp³-hybridized carbons (Fsp3) is 0.176. The molecular formula is C17H18ClN3O2. The second-order valence-electron chi connectivity index (χ2n) is 5.18. The second kappa shape index (κ2) is 7.65. The van der Waals surface area contributed by atoms with E-state index in [0.29, 0.717) is 16.4 Å². The number of nitrogens with one attached hydrogen (secondary N) is 2. The highest BCUT2D eigenvalue weighted by atomic mass is 35.5. The standard InChI is InChI=1S/C17H18ClN3O2/c1-12-7-9-13(10-8-12)19-16(22)11-21(2)17(23)20-15-6-4-3-5-14(15)18/h3-10H,11H2,1-2H3,(H,19,22)(H,20,23). The van der Waals surface area contributed by atoms with E-state index in [1.807, 2.05) is 31.2 Å². The molecule has 0 bridgehead atoms. The maximum atomic E-state index is 12.1. The zero-order chi connectivity index (χ0) is 16.8. The van der Waals surface area contributed by atoms with Crippen molar-refractivity contribution in [3.05, 3.63) is 59.1 Å². The van der Waals surface area contributed by atoms with E-state index in [2.05, 4.69) is 10.6 Å². The molecule has 0 fully saturated rings. The minimum absolute atomic E-state index is 0.0653. The number of anilines is 2. The van der Waals surface area contributed by atoms with E-state index in [0.717, 1.165) is 5.56 Å². The van der Waals surface area contributed by atoms with Crippen LogP contribution in [0.5, 0.6) is 0 Å². The first-order valence-electron chi connectivity index (χ1n) is 7.09. The fourth-order valence-electron chi connectivity index (χ4n) is 1.90. The number of benzene rings is 2. The van der Waals surface area contributed by atoms with Gasteiger partial charge in [0.1, 0.15) is 6.54 Å². The van der Waals surface area contributed by atoms with Gasteiger partial charge in [-0.25, -0.2) is 4.79 Å². The van der Waals surface area contributed by atoms with Crippen molar-refractivity contribution < 1.29 is 9.59 Å². The molecule has 2 aromatic carbocycles. The molecule has 0 atom stereocenters. The summed E-state index contributed by atoms with van der Waals surface area (Å²) in [5, 5.41) is 5.85. The lowest BCUT2D eigenvalue weighted by Crippen LogP contribution is -2.37. The molecule has 0 aliphatic rings. The number of aryl methyl sites for hydroxylation is 1. The first-order chi connectivity index (χ1) is 11.0. The quantitative estimate of drug-likeness (QED) is 0.896. The highest BCUT2D eigenvalue weighted by Crippen LogP contribution is 2.20. The number of rotatable bonds is 4. The summed E-state index contributed by atoms with van der Waals surface area (Å²) in [5.41, 5.74) is 2.31. The average molecular weight is 332 g/mol. The third-order valence-corrected chi connectivity index (χ3v) is 3.51. The predicted molar refractivity (Wildman–Crippen MR) is 92.9 cm³/mol. The van der Waals surface area contributed by atoms with Crippen molar-refractivity contribution in [2.75, 3.05) is 24.2 Å². The van der Waals surface area contributed by atoms with E-state index in [4.69, 9.17) is 11.6 Å². The monoisotopic (exact) mass is 331 g/mol. The number of carbonyl (C=O) groups is 2. The van der Waals surface area contributed by atoms with Crippen LogP contribution in [-0.4, -0.2) is 30.4 Å². The van der Waals surface area contributed by atoms with E-state index >= 15 is 0 Å². The van der Waals surface area contributed by atoms with E-state index in [-0.39, 0.29) is 12.5 Å². The number of amides is 3. The predicted octanol–water partition coefficient (Wildman–Crippen LogP) is 3.75. The maximum Gasteiger partial charge on any atom is 0.322 e. The van der Waals surface area contributed by atoms with Gasteiger partial charge in [0.2, 0.25) is 5.91 Å². The Morgan fingerprint density at radius 1 is 1.04 bits per heavy atom. The molecule has 6 heteroatoms. The van der Waals surface area contributed by atoms with Crippen LogP contribution in [0.2, 0.25) is 5.02 Å². The van der Waals surface area contributed by atoms with Gasteiger partial charge in [-0.05, 0) is 31.2 Å². The van der Waals surface area contributed by atoms with Gasteiger partial charge in [-0.2, -0.15) is 0 Å². The van der Waals surface area contributed by atoms with Gasteiger partial charge in [0.15, 0.2) is 0 Å². The Morgan fingerprint density at radius 2 is 1.70 bits per heavy atom. The molecule has 2 N–H and O–H groups in total. The molecule has 2 aromatic rings. The molecule has 0 spiro atoms. The summed E-state index contributed by atoms with van der Waals surface area (Å²) in [6.45, 7) is 1.91. The zero-order valence-electron chi connectivity index (χ0n) is 13.0. The SMILES string of the molecule is Cc1ccc(NC(=O)CN(C)C(=O)Nc2ccccc2Cl)cc1. The van der Waals surface area contributed by atoms with Gasteiger partial charge < -0.3 is 15.5 Å². The highest BCUT2D eigenvalue weighted by molar-refractivity contribution is 6.33. The first kappa shape index (κ1) is 16.8. The van der Waals surface area contributed by atoms with Crippen LogP contribution >= 0.6 is 11.6 Å².